The zero-order valence-electron chi connectivity index (χ0n) is 13.0. The second-order valence-corrected chi connectivity index (χ2v) is 6.18. The predicted octanol–water partition coefficient (Wildman–Crippen LogP) is 3.87. The molecule has 2 aromatic rings. The highest BCUT2D eigenvalue weighted by atomic mass is 35.5. The van der Waals surface area contributed by atoms with Crippen molar-refractivity contribution in [3.8, 4) is 0 Å². The number of amides is 3. The van der Waals surface area contributed by atoms with Crippen molar-refractivity contribution in [3.63, 3.8) is 0 Å². The van der Waals surface area contributed by atoms with Gasteiger partial charge in [0, 0.05) is 18.8 Å². The maximum atomic E-state index is 12.1. The Morgan fingerprint density at radius 3 is 2.56 bits per heavy atom. The summed E-state index contributed by atoms with van der Waals surface area (Å²) in [5.74, 6) is -1.15. The van der Waals surface area contributed by atoms with E-state index in [-0.39, 0.29) is 11.5 Å². The zero-order chi connectivity index (χ0) is 18.1. The first-order valence-corrected chi connectivity index (χ1v) is 8.03. The van der Waals surface area contributed by atoms with Gasteiger partial charge >= 0.3 is 0 Å². The summed E-state index contributed by atoms with van der Waals surface area (Å²) in [5.41, 5.74) is 1.63. The van der Waals surface area contributed by atoms with Crippen molar-refractivity contribution in [1.82, 2.24) is 4.90 Å². The van der Waals surface area contributed by atoms with Gasteiger partial charge in [0.05, 0.1) is 21.2 Å². The average Bonchev–Trinajstić information content (AvgIpc) is 2.80. The van der Waals surface area contributed by atoms with Gasteiger partial charge in [-0.1, -0.05) is 35.3 Å². The van der Waals surface area contributed by atoms with Gasteiger partial charge in [0.15, 0.2) is 0 Å². The first kappa shape index (κ1) is 17.2. The summed E-state index contributed by atoms with van der Waals surface area (Å²) in [7, 11) is 1.42. The Hall–Kier alpha value is -2.63. The number of anilines is 1. The molecular formula is C18H12Cl2N2O3. The summed E-state index contributed by atoms with van der Waals surface area (Å²) in [4.78, 5) is 36.9. The first-order chi connectivity index (χ1) is 11.9. The van der Waals surface area contributed by atoms with E-state index < -0.39 is 11.8 Å². The van der Waals surface area contributed by atoms with Crippen LogP contribution in [0.2, 0.25) is 10.0 Å². The Kier molecular flexibility index (Phi) is 4.61. The van der Waals surface area contributed by atoms with Crippen LogP contribution in [0.1, 0.15) is 26.3 Å². The smallest absolute Gasteiger partial charge is 0.261 e. The van der Waals surface area contributed by atoms with Gasteiger partial charge in [0.1, 0.15) is 0 Å². The summed E-state index contributed by atoms with van der Waals surface area (Å²) >= 11 is 12.0. The lowest BCUT2D eigenvalue weighted by Gasteiger charge is -2.04. The summed E-state index contributed by atoms with van der Waals surface area (Å²) < 4.78 is 0. The number of carbonyl (C=O) groups is 3. The number of rotatable bonds is 3. The van der Waals surface area contributed by atoms with Crippen molar-refractivity contribution < 1.29 is 14.4 Å². The number of hydrogen-bond acceptors (Lipinski definition) is 3. The van der Waals surface area contributed by atoms with E-state index in [0.29, 0.717) is 26.9 Å². The molecule has 126 valence electrons. The van der Waals surface area contributed by atoms with Crippen LogP contribution in [0.5, 0.6) is 0 Å². The van der Waals surface area contributed by atoms with Crippen molar-refractivity contribution in [3.05, 3.63) is 69.2 Å². The SMILES string of the molecule is CN1C(=O)c2ccc(NC(=O)/C=C/c3cccc(Cl)c3Cl)cc2C1=O. The molecule has 2 aromatic carbocycles. The molecule has 0 unspecified atom stereocenters. The Morgan fingerprint density at radius 1 is 1.08 bits per heavy atom. The number of hydrogen-bond donors (Lipinski definition) is 1. The van der Waals surface area contributed by atoms with E-state index in [0.717, 1.165) is 4.90 Å². The van der Waals surface area contributed by atoms with Crippen molar-refractivity contribution >= 4 is 52.7 Å². The fourth-order valence-corrected chi connectivity index (χ4v) is 2.81. The van der Waals surface area contributed by atoms with Crippen LogP contribution in [0, 0.1) is 0 Å². The molecule has 3 rings (SSSR count). The monoisotopic (exact) mass is 374 g/mol. The standard InChI is InChI=1S/C18H12Cl2N2O3/c1-22-17(24)12-7-6-11(9-13(12)18(22)25)21-15(23)8-5-10-3-2-4-14(19)16(10)20/h2-9H,1H3,(H,21,23)/b8-5+. The van der Waals surface area contributed by atoms with Crippen LogP contribution >= 0.6 is 23.2 Å². The number of benzene rings is 2. The minimum Gasteiger partial charge on any atom is -0.322 e. The molecule has 1 N–H and O–H groups in total. The van der Waals surface area contributed by atoms with Crippen molar-refractivity contribution in [2.75, 3.05) is 12.4 Å². The van der Waals surface area contributed by atoms with Gasteiger partial charge in [-0.25, -0.2) is 0 Å². The van der Waals surface area contributed by atoms with Crippen LogP contribution in [0.25, 0.3) is 6.08 Å². The highest BCUT2D eigenvalue weighted by Gasteiger charge is 2.32. The number of fused-ring (bicyclic) bond motifs is 1. The summed E-state index contributed by atoms with van der Waals surface area (Å²) in [6.45, 7) is 0. The molecule has 0 fully saturated rings. The van der Waals surface area contributed by atoms with Crippen LogP contribution in [0.4, 0.5) is 5.69 Å². The lowest BCUT2D eigenvalue weighted by molar-refractivity contribution is -0.111. The quantitative estimate of drug-likeness (QED) is 0.654. The molecular weight excluding hydrogens is 363 g/mol. The van der Waals surface area contributed by atoms with E-state index >= 15 is 0 Å². The second-order valence-electron chi connectivity index (χ2n) is 5.40. The molecule has 1 heterocycles. The molecule has 0 spiro atoms. The molecule has 3 amide bonds. The maximum absolute atomic E-state index is 12.1. The van der Waals surface area contributed by atoms with Crippen molar-refractivity contribution in [2.24, 2.45) is 0 Å². The van der Waals surface area contributed by atoms with Gasteiger partial charge in [0.25, 0.3) is 11.8 Å². The van der Waals surface area contributed by atoms with Gasteiger partial charge in [-0.05, 0) is 35.9 Å². The topological polar surface area (TPSA) is 66.5 Å². The fraction of sp³-hybridized carbons (Fsp3) is 0.0556. The molecule has 7 heteroatoms. The van der Waals surface area contributed by atoms with Crippen LogP contribution in [0.15, 0.2) is 42.5 Å². The van der Waals surface area contributed by atoms with E-state index in [9.17, 15) is 14.4 Å². The number of nitrogens with one attached hydrogen (secondary N) is 1. The van der Waals surface area contributed by atoms with Gasteiger partial charge in [-0.15, -0.1) is 0 Å². The van der Waals surface area contributed by atoms with Gasteiger partial charge < -0.3 is 5.32 Å². The highest BCUT2D eigenvalue weighted by Crippen LogP contribution is 2.27. The third-order valence-corrected chi connectivity index (χ3v) is 4.59. The lowest BCUT2D eigenvalue weighted by atomic mass is 10.1. The fourth-order valence-electron chi connectivity index (χ4n) is 2.44. The second kappa shape index (κ2) is 6.70. The maximum Gasteiger partial charge on any atom is 0.261 e. The van der Waals surface area contributed by atoms with Crippen molar-refractivity contribution in [2.45, 2.75) is 0 Å². The molecule has 0 aliphatic carbocycles. The average molecular weight is 375 g/mol. The molecule has 25 heavy (non-hydrogen) atoms. The van der Waals surface area contributed by atoms with E-state index in [2.05, 4.69) is 5.32 Å². The summed E-state index contributed by atoms with van der Waals surface area (Å²) in [6.07, 6.45) is 2.85. The Balaban J connectivity index is 1.76. The molecule has 0 radical (unpaired) electrons. The van der Waals surface area contributed by atoms with Crippen LogP contribution < -0.4 is 5.32 Å². The van der Waals surface area contributed by atoms with Crippen LogP contribution in [-0.2, 0) is 4.79 Å². The first-order valence-electron chi connectivity index (χ1n) is 7.28. The normalized spacial score (nSPS) is 13.5. The largest absolute Gasteiger partial charge is 0.322 e. The summed E-state index contributed by atoms with van der Waals surface area (Å²) in [6, 6.07) is 9.69. The van der Waals surface area contributed by atoms with E-state index in [1.165, 1.54) is 25.3 Å². The van der Waals surface area contributed by atoms with Gasteiger partial charge in [0.2, 0.25) is 5.91 Å². The van der Waals surface area contributed by atoms with Crippen LogP contribution in [0.3, 0.4) is 0 Å². The van der Waals surface area contributed by atoms with Crippen LogP contribution in [-0.4, -0.2) is 29.7 Å². The Bertz CT molecular complexity index is 938. The molecule has 0 bridgehead atoms. The third kappa shape index (κ3) is 3.29. The minimum atomic E-state index is -0.402. The van der Waals surface area contributed by atoms with Gasteiger partial charge in [-0.3, -0.25) is 19.3 Å². The summed E-state index contributed by atoms with van der Waals surface area (Å²) in [5, 5.41) is 3.40. The van der Waals surface area contributed by atoms with Crippen molar-refractivity contribution in [1.29, 1.82) is 0 Å². The Labute approximate surface area is 153 Å². The zero-order valence-corrected chi connectivity index (χ0v) is 14.6. The molecule has 1 aliphatic rings. The lowest BCUT2D eigenvalue weighted by Crippen LogP contribution is -2.24. The predicted molar refractivity (Wildman–Crippen MR) is 97.0 cm³/mol. The molecule has 0 saturated carbocycles. The molecule has 5 nitrogen and oxygen atoms in total. The number of imide groups is 1. The number of halogens is 2. The molecule has 0 atom stereocenters. The number of nitrogens with zero attached hydrogens (tertiary/aromatic N) is 1. The molecule has 0 aromatic heterocycles. The van der Waals surface area contributed by atoms with E-state index in [4.69, 9.17) is 23.2 Å². The van der Waals surface area contributed by atoms with Gasteiger partial charge in [-0.2, -0.15) is 0 Å². The highest BCUT2D eigenvalue weighted by molar-refractivity contribution is 6.42. The minimum absolute atomic E-state index is 0.271. The number of carbonyl (C=O) groups excluding carboxylic acids is 3. The molecule has 1 aliphatic heterocycles. The third-order valence-electron chi connectivity index (χ3n) is 3.75. The molecule has 0 saturated heterocycles. The Morgan fingerprint density at radius 2 is 1.80 bits per heavy atom. The van der Waals surface area contributed by atoms with E-state index in [1.54, 1.807) is 30.3 Å². The van der Waals surface area contributed by atoms with E-state index in [1.807, 2.05) is 0 Å².